The Morgan fingerprint density at radius 3 is 2.25 bits per heavy atom. The summed E-state index contributed by atoms with van der Waals surface area (Å²) >= 11 is 3.40. The highest BCUT2D eigenvalue weighted by molar-refractivity contribution is 7.11. The minimum atomic E-state index is 0.0115. The molecule has 0 aliphatic carbocycles. The monoisotopic (exact) mass is 306 g/mol. The molecule has 0 atom stereocenters. The minimum Gasteiger partial charge on any atom is -0.343 e. The molecule has 0 radical (unpaired) electrons. The number of hydrogen-bond donors (Lipinski definition) is 2. The van der Waals surface area contributed by atoms with Crippen molar-refractivity contribution in [1.82, 2.24) is 10.6 Å². The lowest BCUT2D eigenvalue weighted by atomic mass is 9.97. The molecule has 0 aromatic carbocycles. The van der Waals surface area contributed by atoms with E-state index in [2.05, 4.69) is 33.5 Å². The molecule has 3 rings (SSSR count). The first kappa shape index (κ1) is 13.8. The first-order chi connectivity index (χ1) is 9.84. The van der Waals surface area contributed by atoms with Crippen molar-refractivity contribution < 1.29 is 4.79 Å². The van der Waals surface area contributed by atoms with Crippen molar-refractivity contribution >= 4 is 28.6 Å². The van der Waals surface area contributed by atoms with Crippen LogP contribution in [0.25, 0.3) is 0 Å². The van der Waals surface area contributed by atoms with Crippen LogP contribution in [0.3, 0.4) is 0 Å². The molecule has 0 spiro atoms. The number of hydrogen-bond acceptors (Lipinski definition) is 4. The third-order valence-electron chi connectivity index (χ3n) is 3.65. The van der Waals surface area contributed by atoms with Crippen molar-refractivity contribution in [2.75, 3.05) is 13.1 Å². The van der Waals surface area contributed by atoms with E-state index in [0.717, 1.165) is 25.9 Å². The van der Waals surface area contributed by atoms with E-state index in [-0.39, 0.29) is 17.9 Å². The highest BCUT2D eigenvalue weighted by Gasteiger charge is 2.25. The summed E-state index contributed by atoms with van der Waals surface area (Å²) in [5.41, 5.74) is 0. The van der Waals surface area contributed by atoms with Crippen LogP contribution in [0.4, 0.5) is 0 Å². The van der Waals surface area contributed by atoms with Crippen LogP contribution in [0.5, 0.6) is 0 Å². The summed E-state index contributed by atoms with van der Waals surface area (Å²) in [6.45, 7) is 1.89. The van der Waals surface area contributed by atoms with Crippen molar-refractivity contribution in [3.8, 4) is 0 Å². The summed E-state index contributed by atoms with van der Waals surface area (Å²) in [5, 5.41) is 10.7. The van der Waals surface area contributed by atoms with Crippen LogP contribution < -0.4 is 10.6 Å². The van der Waals surface area contributed by atoms with Crippen molar-refractivity contribution in [3.05, 3.63) is 44.8 Å². The first-order valence-corrected chi connectivity index (χ1v) is 8.68. The molecule has 1 aliphatic heterocycles. The quantitative estimate of drug-likeness (QED) is 0.911. The van der Waals surface area contributed by atoms with Gasteiger partial charge in [0, 0.05) is 15.7 Å². The van der Waals surface area contributed by atoms with Crippen LogP contribution in [0.1, 0.15) is 28.6 Å². The van der Waals surface area contributed by atoms with Gasteiger partial charge in [-0.15, -0.1) is 22.7 Å². The van der Waals surface area contributed by atoms with Gasteiger partial charge in [0.05, 0.1) is 6.04 Å². The average Bonchev–Trinajstić information content (AvgIpc) is 3.19. The Kier molecular flexibility index (Phi) is 4.50. The van der Waals surface area contributed by atoms with Gasteiger partial charge in [0.15, 0.2) is 0 Å². The molecule has 106 valence electrons. The number of piperidine rings is 1. The van der Waals surface area contributed by atoms with Gasteiger partial charge in [0.1, 0.15) is 0 Å². The van der Waals surface area contributed by atoms with Crippen LogP contribution in [-0.2, 0) is 4.79 Å². The second kappa shape index (κ2) is 6.52. The van der Waals surface area contributed by atoms with Gasteiger partial charge in [-0.3, -0.25) is 4.79 Å². The lowest BCUT2D eigenvalue weighted by Gasteiger charge is -2.24. The fourth-order valence-corrected chi connectivity index (χ4v) is 4.20. The Labute approximate surface area is 127 Å². The normalized spacial score (nSPS) is 16.4. The Morgan fingerprint density at radius 1 is 1.15 bits per heavy atom. The van der Waals surface area contributed by atoms with Crippen LogP contribution >= 0.6 is 22.7 Å². The van der Waals surface area contributed by atoms with Gasteiger partial charge < -0.3 is 10.6 Å². The molecule has 1 amide bonds. The Bertz CT molecular complexity index is 496. The van der Waals surface area contributed by atoms with E-state index in [1.807, 2.05) is 12.1 Å². The molecule has 20 heavy (non-hydrogen) atoms. The highest BCUT2D eigenvalue weighted by atomic mass is 32.1. The average molecular weight is 306 g/mol. The number of thiophene rings is 2. The summed E-state index contributed by atoms with van der Waals surface area (Å²) in [7, 11) is 0. The number of nitrogens with one attached hydrogen (secondary N) is 2. The van der Waals surface area contributed by atoms with Crippen molar-refractivity contribution in [1.29, 1.82) is 0 Å². The van der Waals surface area contributed by atoms with E-state index >= 15 is 0 Å². The van der Waals surface area contributed by atoms with Gasteiger partial charge in [-0.2, -0.15) is 0 Å². The molecule has 1 saturated heterocycles. The zero-order chi connectivity index (χ0) is 13.8. The van der Waals surface area contributed by atoms with E-state index in [1.54, 1.807) is 22.7 Å². The summed E-state index contributed by atoms with van der Waals surface area (Å²) in [6, 6.07) is 8.28. The molecular formula is C15H18N2OS2. The Balaban J connectivity index is 1.75. The van der Waals surface area contributed by atoms with Gasteiger partial charge in [0.2, 0.25) is 5.91 Å². The van der Waals surface area contributed by atoms with Crippen molar-refractivity contribution in [3.63, 3.8) is 0 Å². The van der Waals surface area contributed by atoms with E-state index in [4.69, 9.17) is 0 Å². The maximum Gasteiger partial charge on any atom is 0.224 e. The Morgan fingerprint density at radius 2 is 1.75 bits per heavy atom. The summed E-state index contributed by atoms with van der Waals surface area (Å²) in [4.78, 5) is 14.9. The SMILES string of the molecule is O=C(NC(c1cccs1)c1cccs1)C1CCNCC1. The predicted molar refractivity (Wildman–Crippen MR) is 84.2 cm³/mol. The standard InChI is InChI=1S/C15H18N2OS2/c18-15(11-5-7-16-8-6-11)17-14(12-3-1-9-19-12)13-4-2-10-20-13/h1-4,9-11,14,16H,5-8H2,(H,17,18). The zero-order valence-corrected chi connectivity index (χ0v) is 12.8. The minimum absolute atomic E-state index is 0.0115. The lowest BCUT2D eigenvalue weighted by molar-refractivity contribution is -0.126. The predicted octanol–water partition coefficient (Wildman–Crippen LogP) is 3.01. The molecule has 5 heteroatoms. The largest absolute Gasteiger partial charge is 0.343 e. The summed E-state index contributed by atoms with van der Waals surface area (Å²) in [5.74, 6) is 0.344. The van der Waals surface area contributed by atoms with Crippen molar-refractivity contribution in [2.45, 2.75) is 18.9 Å². The third-order valence-corrected chi connectivity index (χ3v) is 5.53. The fourth-order valence-electron chi connectivity index (χ4n) is 2.54. The van der Waals surface area contributed by atoms with E-state index < -0.39 is 0 Å². The van der Waals surface area contributed by atoms with Crippen LogP contribution in [-0.4, -0.2) is 19.0 Å². The molecule has 2 aromatic rings. The van der Waals surface area contributed by atoms with Crippen LogP contribution in [0.2, 0.25) is 0 Å². The molecule has 2 N–H and O–H groups in total. The Hall–Kier alpha value is -1.17. The molecule has 3 heterocycles. The van der Waals surface area contributed by atoms with Crippen LogP contribution in [0.15, 0.2) is 35.0 Å². The number of rotatable bonds is 4. The molecule has 0 saturated carbocycles. The molecular weight excluding hydrogens is 288 g/mol. The number of carbonyl (C=O) groups is 1. The van der Waals surface area contributed by atoms with Crippen molar-refractivity contribution in [2.24, 2.45) is 5.92 Å². The number of amides is 1. The van der Waals surface area contributed by atoms with Gasteiger partial charge >= 0.3 is 0 Å². The van der Waals surface area contributed by atoms with Crippen LogP contribution in [0, 0.1) is 5.92 Å². The molecule has 0 unspecified atom stereocenters. The molecule has 2 aromatic heterocycles. The number of carbonyl (C=O) groups excluding carboxylic acids is 1. The van der Waals surface area contributed by atoms with Gasteiger partial charge in [-0.05, 0) is 48.8 Å². The second-order valence-corrected chi connectivity index (χ2v) is 6.96. The summed E-state index contributed by atoms with van der Waals surface area (Å²) < 4.78 is 0. The van der Waals surface area contributed by atoms with E-state index in [1.165, 1.54) is 9.75 Å². The van der Waals surface area contributed by atoms with Gasteiger partial charge in [-0.1, -0.05) is 12.1 Å². The smallest absolute Gasteiger partial charge is 0.224 e. The van der Waals surface area contributed by atoms with E-state index in [0.29, 0.717) is 0 Å². The zero-order valence-electron chi connectivity index (χ0n) is 11.2. The topological polar surface area (TPSA) is 41.1 Å². The van der Waals surface area contributed by atoms with Gasteiger partial charge in [-0.25, -0.2) is 0 Å². The molecule has 3 nitrogen and oxygen atoms in total. The molecule has 1 aliphatic rings. The first-order valence-electron chi connectivity index (χ1n) is 6.92. The fraction of sp³-hybridized carbons (Fsp3) is 0.400. The molecule has 0 bridgehead atoms. The molecule has 1 fully saturated rings. The second-order valence-electron chi connectivity index (χ2n) is 5.00. The lowest BCUT2D eigenvalue weighted by Crippen LogP contribution is -2.39. The maximum absolute atomic E-state index is 12.5. The maximum atomic E-state index is 12.5. The van der Waals surface area contributed by atoms with E-state index in [9.17, 15) is 4.79 Å². The van der Waals surface area contributed by atoms with Gasteiger partial charge in [0.25, 0.3) is 0 Å². The summed E-state index contributed by atoms with van der Waals surface area (Å²) in [6.07, 6.45) is 1.88. The highest BCUT2D eigenvalue weighted by Crippen LogP contribution is 2.29. The third kappa shape index (κ3) is 3.11.